The minimum Gasteiger partial charge on any atom is -0.360 e. The molecule has 0 aliphatic rings. The van der Waals surface area contributed by atoms with Crippen molar-refractivity contribution in [3.05, 3.63) is 0 Å². The first-order valence-electron chi connectivity index (χ1n) is 11.4. The average Bonchev–Trinajstić information content (AvgIpc) is 2.91. The number of hydrogen-bond donors (Lipinski definition) is 0. The molecular formula is C18H44N2O4S10Si2. The number of rotatable bonds is 27. The number of methoxy groups -OCH3 is 4. The van der Waals surface area contributed by atoms with Gasteiger partial charge in [0.25, 0.3) is 0 Å². The smallest absolute Gasteiger partial charge is 0.134 e. The number of ether oxygens (including phenoxy) is 4. The van der Waals surface area contributed by atoms with E-state index >= 15 is 0 Å². The van der Waals surface area contributed by atoms with Crippen LogP contribution in [0, 0.1) is 0 Å². The third-order valence-electron chi connectivity index (χ3n) is 4.91. The van der Waals surface area contributed by atoms with Crippen molar-refractivity contribution in [2.75, 3.05) is 53.5 Å². The normalized spacial score (nSPS) is 14.7. The Morgan fingerprint density at radius 3 is 1.17 bits per heavy atom. The maximum Gasteiger partial charge on any atom is 0.134 e. The first kappa shape index (κ1) is 39.7. The van der Waals surface area contributed by atoms with Crippen LogP contribution in [0.25, 0.3) is 0 Å². The molecule has 0 rings (SSSR count). The second kappa shape index (κ2) is 28.8. The van der Waals surface area contributed by atoms with Gasteiger partial charge in [0, 0.05) is 28.4 Å². The molecule has 6 nitrogen and oxygen atoms in total. The first-order chi connectivity index (χ1) is 17.5. The summed E-state index contributed by atoms with van der Waals surface area (Å²) in [7, 11) is 17.8. The van der Waals surface area contributed by atoms with Crippen molar-refractivity contribution in [3.8, 4) is 0 Å². The molecule has 0 aromatic heterocycles. The molecule has 0 saturated heterocycles. The maximum atomic E-state index is 5.38. The van der Waals surface area contributed by atoms with Crippen LogP contribution < -0.4 is 0 Å². The van der Waals surface area contributed by atoms with Crippen LogP contribution in [0.4, 0.5) is 0 Å². The fourth-order valence-electron chi connectivity index (χ4n) is 3.07. The lowest BCUT2D eigenvalue weighted by atomic mass is 10.3. The lowest BCUT2D eigenvalue weighted by Gasteiger charge is -2.26. The van der Waals surface area contributed by atoms with Gasteiger partial charge in [0.15, 0.2) is 0 Å². The van der Waals surface area contributed by atoms with Crippen LogP contribution in [0.15, 0.2) is 0 Å². The molecule has 0 fully saturated rings. The molecule has 36 heavy (non-hydrogen) atoms. The van der Waals surface area contributed by atoms with Crippen molar-refractivity contribution in [3.63, 3.8) is 0 Å². The van der Waals surface area contributed by atoms with Crippen LogP contribution in [-0.2, 0) is 18.9 Å². The van der Waals surface area contributed by atoms with Gasteiger partial charge in [-0.15, -0.1) is 0 Å². The molecule has 0 spiro atoms. The van der Waals surface area contributed by atoms with Crippen LogP contribution in [0.5, 0.6) is 0 Å². The van der Waals surface area contributed by atoms with Crippen LogP contribution in [0.3, 0.4) is 0 Å². The highest BCUT2D eigenvalue weighted by atomic mass is 33.9. The van der Waals surface area contributed by atoms with E-state index in [4.69, 9.17) is 18.9 Å². The average molecular weight is 729 g/mol. The Bertz CT molecular complexity index is 436. The van der Waals surface area contributed by atoms with Crippen LogP contribution >= 0.6 is 109 Å². The molecule has 0 aromatic carbocycles. The highest BCUT2D eigenvalue weighted by Gasteiger charge is 2.21. The van der Waals surface area contributed by atoms with Crippen molar-refractivity contribution >= 4 is 128 Å². The number of hydrogen-bond acceptors (Lipinski definition) is 16. The van der Waals surface area contributed by atoms with Gasteiger partial charge in [-0.25, -0.2) is 0 Å². The molecule has 0 heterocycles. The minimum absolute atomic E-state index is 0.0517. The Balaban J connectivity index is 4.38. The Morgan fingerprint density at radius 1 is 0.556 bits per heavy atom. The van der Waals surface area contributed by atoms with Crippen molar-refractivity contribution < 1.29 is 18.9 Å². The molecule has 2 atom stereocenters. The largest absolute Gasteiger partial charge is 0.360 e. The zero-order valence-corrected chi connectivity index (χ0v) is 33.6. The summed E-state index contributed by atoms with van der Waals surface area (Å²) in [6, 6.07) is 2.50. The van der Waals surface area contributed by atoms with Gasteiger partial charge in [0.05, 0.1) is 29.8 Å². The summed E-state index contributed by atoms with van der Waals surface area (Å²) < 4.78 is 26.3. The van der Waals surface area contributed by atoms with Gasteiger partial charge >= 0.3 is 0 Å². The van der Waals surface area contributed by atoms with Crippen molar-refractivity contribution in [2.45, 2.75) is 60.3 Å². The maximum absolute atomic E-state index is 5.38. The molecule has 218 valence electrons. The molecule has 2 unspecified atom stereocenters. The van der Waals surface area contributed by atoms with Gasteiger partial charge in [0.2, 0.25) is 0 Å². The SMILES string of the molecule is COC(OC)[SiH2]CCCC(SSSSSSC(CCC[SiH2]C(OC)OC)N(SC)SC)N(SC)SC. The van der Waals surface area contributed by atoms with Crippen molar-refractivity contribution in [1.82, 2.24) is 7.42 Å². The zero-order valence-electron chi connectivity index (χ0n) is 22.6. The molecule has 0 radical (unpaired) electrons. The van der Waals surface area contributed by atoms with E-state index < -0.39 is 0 Å². The van der Waals surface area contributed by atoms with Crippen molar-refractivity contribution in [2.24, 2.45) is 0 Å². The van der Waals surface area contributed by atoms with Crippen LogP contribution in [-0.4, -0.2) is 102 Å². The third kappa shape index (κ3) is 19.7. The summed E-state index contributed by atoms with van der Waals surface area (Å²) in [5, 5.41) is 0.985. The van der Waals surface area contributed by atoms with E-state index in [-0.39, 0.29) is 30.9 Å². The Labute approximate surface area is 265 Å². The Hall–Kier alpha value is 3.69. The van der Waals surface area contributed by atoms with E-state index in [2.05, 4.69) is 32.4 Å². The molecule has 0 aliphatic heterocycles. The molecule has 0 aromatic rings. The molecular weight excluding hydrogens is 685 g/mol. The van der Waals surface area contributed by atoms with E-state index in [1.54, 1.807) is 28.4 Å². The van der Waals surface area contributed by atoms with Gasteiger partial charge in [-0.2, -0.15) is 7.42 Å². The molecule has 0 saturated carbocycles. The molecule has 0 bridgehead atoms. The molecule has 0 amide bonds. The first-order valence-corrected chi connectivity index (χ1v) is 27.4. The molecule has 18 heteroatoms. The predicted molar refractivity (Wildman–Crippen MR) is 192 cm³/mol. The summed E-state index contributed by atoms with van der Waals surface area (Å²) in [6.07, 6.45) is 13.5. The second-order valence-electron chi connectivity index (χ2n) is 7.05. The highest BCUT2D eigenvalue weighted by Crippen LogP contribution is 2.56. The Kier molecular flexibility index (Phi) is 31.8. The highest BCUT2D eigenvalue weighted by molar-refractivity contribution is 9.41. The lowest BCUT2D eigenvalue weighted by Crippen LogP contribution is -2.22. The fraction of sp³-hybridized carbons (Fsp3) is 1.00. The van der Waals surface area contributed by atoms with E-state index in [0.29, 0.717) is 10.7 Å². The molecule has 0 aliphatic carbocycles. The van der Waals surface area contributed by atoms with Gasteiger partial charge in [-0.3, -0.25) is 0 Å². The zero-order chi connectivity index (χ0) is 27.0. The summed E-state index contributed by atoms with van der Waals surface area (Å²) in [6.45, 7) is 0. The summed E-state index contributed by atoms with van der Waals surface area (Å²) >= 11 is 7.29. The summed E-state index contributed by atoms with van der Waals surface area (Å²) in [5.74, 6) is 0.103. The van der Waals surface area contributed by atoms with Crippen molar-refractivity contribution in [1.29, 1.82) is 0 Å². The van der Waals surface area contributed by atoms with Crippen LogP contribution in [0.1, 0.15) is 25.7 Å². The monoisotopic (exact) mass is 728 g/mol. The van der Waals surface area contributed by atoms with Gasteiger partial charge in [-0.1, -0.05) is 94.3 Å². The van der Waals surface area contributed by atoms with Gasteiger partial charge in [-0.05, 0) is 77.2 Å². The van der Waals surface area contributed by atoms with E-state index in [9.17, 15) is 0 Å². The molecule has 0 N–H and O–H groups in total. The predicted octanol–water partition coefficient (Wildman–Crippen LogP) is 7.22. The van der Waals surface area contributed by atoms with Crippen LogP contribution in [0.2, 0.25) is 12.1 Å². The Morgan fingerprint density at radius 2 is 0.889 bits per heavy atom. The lowest BCUT2D eigenvalue weighted by molar-refractivity contribution is -0.0442. The quantitative estimate of drug-likeness (QED) is 0.0281. The van der Waals surface area contributed by atoms with Gasteiger partial charge in [0.1, 0.15) is 11.8 Å². The standard InChI is InChI=1S/C18H44N2O4S10Si2/c1-21-17(22-2)35-13-9-11-15(19(25-5)26-6)29-31-33-34-32-30-16(20(27-7)28-8)12-10-14-36-18(23-3)24-4/h15-18H,9-14,35-36H2,1-8H3. The third-order valence-corrected chi connectivity index (χ3v) is 25.2. The summed E-state index contributed by atoms with van der Waals surface area (Å²) in [5.41, 5.74) is 0. The number of nitrogens with zero attached hydrogens (tertiary/aromatic N) is 2. The van der Waals surface area contributed by atoms with E-state index in [1.807, 2.05) is 109 Å². The summed E-state index contributed by atoms with van der Waals surface area (Å²) in [4.78, 5) is 0. The minimum atomic E-state index is -0.345. The van der Waals surface area contributed by atoms with E-state index in [1.165, 1.54) is 37.8 Å². The fourth-order valence-corrected chi connectivity index (χ4v) is 22.8. The van der Waals surface area contributed by atoms with Gasteiger partial charge < -0.3 is 18.9 Å². The topological polar surface area (TPSA) is 43.4 Å². The second-order valence-corrected chi connectivity index (χ2v) is 24.1. The van der Waals surface area contributed by atoms with E-state index in [0.717, 1.165) is 0 Å².